The van der Waals surface area contributed by atoms with Crippen molar-refractivity contribution in [3.63, 3.8) is 0 Å². The third-order valence-electron chi connectivity index (χ3n) is 5.62. The Kier molecular flexibility index (Phi) is 2.30. The molecule has 4 bridgehead atoms. The highest BCUT2D eigenvalue weighted by atomic mass is 16.1. The van der Waals surface area contributed by atoms with Gasteiger partial charge in [-0.3, -0.25) is 9.78 Å². The van der Waals surface area contributed by atoms with Crippen LogP contribution in [0.1, 0.15) is 48.9 Å². The Morgan fingerprint density at radius 2 is 1.74 bits per heavy atom. The monoisotopic (exact) mass is 256 g/mol. The molecule has 1 aromatic heterocycles. The standard InChI is InChI=1S/C16H20N2O/c17-14-1-2-18-9-13(14)15(19)16-6-10-3-11(7-16)5-12(4-10)8-16/h1-2,9-12H,3-8H2,(H2,17,18). The summed E-state index contributed by atoms with van der Waals surface area (Å²) in [6, 6.07) is 1.74. The smallest absolute Gasteiger partial charge is 0.172 e. The average molecular weight is 256 g/mol. The predicted molar refractivity (Wildman–Crippen MR) is 73.6 cm³/mol. The number of nitrogen functional groups attached to an aromatic ring is 1. The molecule has 3 heteroatoms. The van der Waals surface area contributed by atoms with E-state index in [1.54, 1.807) is 18.5 Å². The third kappa shape index (κ3) is 1.63. The number of rotatable bonds is 2. The molecule has 0 aromatic carbocycles. The molecule has 0 amide bonds. The van der Waals surface area contributed by atoms with Gasteiger partial charge < -0.3 is 5.73 Å². The molecule has 2 N–H and O–H groups in total. The summed E-state index contributed by atoms with van der Waals surface area (Å²) in [6.07, 6.45) is 10.7. The maximum atomic E-state index is 13.0. The van der Waals surface area contributed by atoms with E-state index in [1.807, 2.05) is 0 Å². The summed E-state index contributed by atoms with van der Waals surface area (Å²) in [7, 11) is 0. The van der Waals surface area contributed by atoms with E-state index in [1.165, 1.54) is 19.3 Å². The number of hydrogen-bond donors (Lipinski definition) is 1. The lowest BCUT2D eigenvalue weighted by atomic mass is 9.48. The highest BCUT2D eigenvalue weighted by Gasteiger charge is 2.54. The van der Waals surface area contributed by atoms with E-state index < -0.39 is 0 Å². The first-order chi connectivity index (χ1) is 9.16. The molecule has 0 radical (unpaired) electrons. The number of aromatic nitrogens is 1. The lowest BCUT2D eigenvalue weighted by Gasteiger charge is -2.56. The van der Waals surface area contributed by atoms with Crippen molar-refractivity contribution in [2.45, 2.75) is 38.5 Å². The fraction of sp³-hybridized carbons (Fsp3) is 0.625. The number of carbonyl (C=O) groups is 1. The highest BCUT2D eigenvalue weighted by molar-refractivity contribution is 6.04. The molecule has 19 heavy (non-hydrogen) atoms. The van der Waals surface area contributed by atoms with E-state index in [2.05, 4.69) is 4.98 Å². The van der Waals surface area contributed by atoms with Gasteiger partial charge in [0.05, 0.1) is 5.56 Å². The first kappa shape index (κ1) is 11.4. The maximum Gasteiger partial charge on any atom is 0.172 e. The van der Waals surface area contributed by atoms with Crippen molar-refractivity contribution in [1.29, 1.82) is 0 Å². The number of Topliss-reactive ketones (excluding diaryl/α,β-unsaturated/α-hetero) is 1. The zero-order valence-corrected chi connectivity index (χ0v) is 11.1. The van der Waals surface area contributed by atoms with Crippen LogP contribution in [0.2, 0.25) is 0 Å². The second-order valence-corrected chi connectivity index (χ2v) is 6.99. The minimum atomic E-state index is -0.105. The second-order valence-electron chi connectivity index (χ2n) is 6.99. The van der Waals surface area contributed by atoms with Crippen LogP contribution in [-0.2, 0) is 0 Å². The lowest BCUT2D eigenvalue weighted by molar-refractivity contribution is -0.0352. The molecule has 1 aromatic rings. The largest absolute Gasteiger partial charge is 0.398 e. The van der Waals surface area contributed by atoms with Gasteiger partial charge in [-0.2, -0.15) is 0 Å². The summed E-state index contributed by atoms with van der Waals surface area (Å²) in [5.74, 6) is 2.63. The Bertz CT molecular complexity index is 502. The molecule has 0 spiro atoms. The molecule has 3 nitrogen and oxygen atoms in total. The Morgan fingerprint density at radius 3 is 2.26 bits per heavy atom. The van der Waals surface area contributed by atoms with Crippen molar-refractivity contribution in [2.24, 2.45) is 23.2 Å². The van der Waals surface area contributed by atoms with Gasteiger partial charge in [0.1, 0.15) is 0 Å². The fourth-order valence-electron chi connectivity index (χ4n) is 5.27. The van der Waals surface area contributed by atoms with Crippen molar-refractivity contribution in [2.75, 3.05) is 5.73 Å². The molecule has 1 heterocycles. The Hall–Kier alpha value is -1.38. The number of pyridine rings is 1. The molecule has 4 aliphatic rings. The van der Waals surface area contributed by atoms with Crippen LogP contribution in [-0.4, -0.2) is 10.8 Å². The van der Waals surface area contributed by atoms with Gasteiger partial charge >= 0.3 is 0 Å². The van der Waals surface area contributed by atoms with Crippen LogP contribution < -0.4 is 5.73 Å². The van der Waals surface area contributed by atoms with Crippen LogP contribution in [0.4, 0.5) is 5.69 Å². The van der Waals surface area contributed by atoms with Gasteiger partial charge in [-0.1, -0.05) is 0 Å². The normalized spacial score (nSPS) is 39.5. The summed E-state index contributed by atoms with van der Waals surface area (Å²) in [6.45, 7) is 0. The summed E-state index contributed by atoms with van der Waals surface area (Å²) in [5, 5.41) is 0. The Balaban J connectivity index is 1.72. The number of anilines is 1. The van der Waals surface area contributed by atoms with E-state index in [9.17, 15) is 4.79 Å². The van der Waals surface area contributed by atoms with E-state index in [0.29, 0.717) is 11.3 Å². The van der Waals surface area contributed by atoms with Crippen LogP contribution in [0.5, 0.6) is 0 Å². The van der Waals surface area contributed by atoms with Crippen LogP contribution in [0.25, 0.3) is 0 Å². The molecule has 100 valence electrons. The van der Waals surface area contributed by atoms with Crippen LogP contribution >= 0.6 is 0 Å². The molecule has 0 unspecified atom stereocenters. The van der Waals surface area contributed by atoms with Crippen molar-refractivity contribution in [3.8, 4) is 0 Å². The van der Waals surface area contributed by atoms with Crippen molar-refractivity contribution in [1.82, 2.24) is 4.98 Å². The van der Waals surface area contributed by atoms with Gasteiger partial charge in [0.15, 0.2) is 5.78 Å². The van der Waals surface area contributed by atoms with Gasteiger partial charge in [0.25, 0.3) is 0 Å². The van der Waals surface area contributed by atoms with Gasteiger partial charge in [-0.15, -0.1) is 0 Å². The quantitative estimate of drug-likeness (QED) is 0.827. The molecular formula is C16H20N2O. The van der Waals surface area contributed by atoms with Crippen LogP contribution in [0.3, 0.4) is 0 Å². The molecule has 0 aliphatic heterocycles. The molecule has 0 atom stereocenters. The van der Waals surface area contributed by atoms with E-state index in [0.717, 1.165) is 37.0 Å². The molecule has 4 fully saturated rings. The van der Waals surface area contributed by atoms with Gasteiger partial charge in [-0.25, -0.2) is 0 Å². The maximum absolute atomic E-state index is 13.0. The zero-order chi connectivity index (χ0) is 13.0. The second kappa shape index (κ2) is 3.81. The summed E-state index contributed by atoms with van der Waals surface area (Å²) in [5.41, 5.74) is 7.12. The molecule has 0 saturated heterocycles. The lowest BCUT2D eigenvalue weighted by Crippen LogP contribution is -2.50. The third-order valence-corrected chi connectivity index (χ3v) is 5.62. The number of hydrogen-bond acceptors (Lipinski definition) is 3. The molecule has 4 saturated carbocycles. The summed E-state index contributed by atoms with van der Waals surface area (Å²) >= 11 is 0. The van der Waals surface area contributed by atoms with Gasteiger partial charge in [0, 0.05) is 23.5 Å². The average Bonchev–Trinajstić information content (AvgIpc) is 2.37. The highest BCUT2D eigenvalue weighted by Crippen LogP contribution is 2.61. The number of carbonyl (C=O) groups excluding carboxylic acids is 1. The van der Waals surface area contributed by atoms with Crippen molar-refractivity contribution >= 4 is 11.5 Å². The fourth-order valence-corrected chi connectivity index (χ4v) is 5.27. The van der Waals surface area contributed by atoms with Gasteiger partial charge in [-0.05, 0) is 62.3 Å². The summed E-state index contributed by atoms with van der Waals surface area (Å²) in [4.78, 5) is 17.1. The minimum Gasteiger partial charge on any atom is -0.398 e. The van der Waals surface area contributed by atoms with E-state index in [-0.39, 0.29) is 11.2 Å². The first-order valence-electron chi connectivity index (χ1n) is 7.40. The Morgan fingerprint density at radius 1 is 1.16 bits per heavy atom. The minimum absolute atomic E-state index is 0.105. The summed E-state index contributed by atoms with van der Waals surface area (Å²) < 4.78 is 0. The number of ketones is 1. The van der Waals surface area contributed by atoms with Gasteiger partial charge in [0.2, 0.25) is 0 Å². The van der Waals surface area contributed by atoms with Crippen molar-refractivity contribution in [3.05, 3.63) is 24.0 Å². The zero-order valence-electron chi connectivity index (χ0n) is 11.1. The Labute approximate surface area is 113 Å². The molecular weight excluding hydrogens is 236 g/mol. The molecule has 5 rings (SSSR count). The molecule has 4 aliphatic carbocycles. The first-order valence-corrected chi connectivity index (χ1v) is 7.40. The number of nitrogens with zero attached hydrogens (tertiary/aromatic N) is 1. The van der Waals surface area contributed by atoms with E-state index in [4.69, 9.17) is 5.73 Å². The van der Waals surface area contributed by atoms with E-state index >= 15 is 0 Å². The van der Waals surface area contributed by atoms with Crippen LogP contribution in [0.15, 0.2) is 18.5 Å². The topological polar surface area (TPSA) is 56.0 Å². The number of nitrogens with two attached hydrogens (primary N) is 1. The SMILES string of the molecule is Nc1ccncc1C(=O)C12CC3CC(CC(C3)C1)C2. The predicted octanol–water partition coefficient (Wildman–Crippen LogP) is 3.06. The van der Waals surface area contributed by atoms with Crippen molar-refractivity contribution < 1.29 is 4.79 Å². The van der Waals surface area contributed by atoms with Crippen LogP contribution in [0, 0.1) is 23.2 Å².